The van der Waals surface area contributed by atoms with Crippen LogP contribution in [-0.2, 0) is 0 Å². The molecule has 0 amide bonds. The van der Waals surface area contributed by atoms with Crippen LogP contribution >= 0.6 is 27.5 Å². The molecule has 0 saturated heterocycles. The van der Waals surface area contributed by atoms with Crippen molar-refractivity contribution in [2.75, 3.05) is 0 Å². The lowest BCUT2D eigenvalue weighted by Crippen LogP contribution is -2.13. The monoisotopic (exact) mass is 346 g/mol. The van der Waals surface area contributed by atoms with Crippen LogP contribution in [0.1, 0.15) is 17.2 Å². The summed E-state index contributed by atoms with van der Waals surface area (Å²) in [4.78, 5) is 4.20. The van der Waals surface area contributed by atoms with Gasteiger partial charge in [-0.1, -0.05) is 45.7 Å². The Bertz CT molecular complexity index is 768. The Kier molecular flexibility index (Phi) is 3.74. The molecule has 100 valence electrons. The van der Waals surface area contributed by atoms with Crippen molar-refractivity contribution in [2.24, 2.45) is 5.73 Å². The van der Waals surface area contributed by atoms with Crippen LogP contribution in [0.5, 0.6) is 0 Å². The predicted molar refractivity (Wildman–Crippen MR) is 86.9 cm³/mol. The topological polar surface area (TPSA) is 38.9 Å². The minimum Gasteiger partial charge on any atom is -0.320 e. The lowest BCUT2D eigenvalue weighted by molar-refractivity contribution is 0.874. The van der Waals surface area contributed by atoms with Crippen molar-refractivity contribution in [3.8, 4) is 0 Å². The molecule has 1 heterocycles. The molecule has 0 aliphatic heterocycles. The van der Waals surface area contributed by atoms with Crippen molar-refractivity contribution in [1.29, 1.82) is 0 Å². The Morgan fingerprint density at radius 3 is 2.80 bits per heavy atom. The summed E-state index contributed by atoms with van der Waals surface area (Å²) in [5.74, 6) is 0. The molecule has 2 N–H and O–H groups in total. The Morgan fingerprint density at radius 1 is 1.10 bits per heavy atom. The first-order valence-electron chi connectivity index (χ1n) is 6.20. The van der Waals surface area contributed by atoms with Gasteiger partial charge in [0.15, 0.2) is 0 Å². The summed E-state index contributed by atoms with van der Waals surface area (Å²) in [6, 6.07) is 13.5. The van der Waals surface area contributed by atoms with E-state index in [9.17, 15) is 0 Å². The zero-order chi connectivity index (χ0) is 14.1. The van der Waals surface area contributed by atoms with E-state index < -0.39 is 0 Å². The maximum Gasteiger partial charge on any atom is 0.0570 e. The SMILES string of the molecule is NC(c1cc(Cl)ccc1Br)c1cccc2ccncc12. The number of halogens is 2. The Morgan fingerprint density at radius 2 is 1.95 bits per heavy atom. The number of aromatic nitrogens is 1. The largest absolute Gasteiger partial charge is 0.320 e. The number of nitrogens with zero attached hydrogens (tertiary/aromatic N) is 1. The van der Waals surface area contributed by atoms with Gasteiger partial charge in [0.25, 0.3) is 0 Å². The summed E-state index contributed by atoms with van der Waals surface area (Å²) in [6.45, 7) is 0. The number of nitrogens with two attached hydrogens (primary N) is 1. The molecule has 0 spiro atoms. The second-order valence-electron chi connectivity index (χ2n) is 4.59. The lowest BCUT2D eigenvalue weighted by atomic mass is 9.95. The molecule has 0 bridgehead atoms. The summed E-state index contributed by atoms with van der Waals surface area (Å²) < 4.78 is 0.954. The molecular weight excluding hydrogens is 336 g/mol. The highest BCUT2D eigenvalue weighted by atomic mass is 79.9. The molecule has 0 fully saturated rings. The van der Waals surface area contributed by atoms with Gasteiger partial charge in [-0.15, -0.1) is 0 Å². The first-order valence-corrected chi connectivity index (χ1v) is 7.37. The number of hydrogen-bond acceptors (Lipinski definition) is 2. The van der Waals surface area contributed by atoms with Crippen molar-refractivity contribution in [3.05, 3.63) is 75.5 Å². The van der Waals surface area contributed by atoms with Gasteiger partial charge in [0.05, 0.1) is 6.04 Å². The van der Waals surface area contributed by atoms with E-state index >= 15 is 0 Å². The normalized spacial score (nSPS) is 12.6. The number of fused-ring (bicyclic) bond motifs is 1. The van der Waals surface area contributed by atoms with E-state index in [1.165, 1.54) is 0 Å². The molecule has 0 saturated carbocycles. The molecule has 3 aromatic rings. The van der Waals surface area contributed by atoms with E-state index in [1.54, 1.807) is 6.20 Å². The maximum absolute atomic E-state index is 6.44. The molecule has 1 atom stereocenters. The molecule has 2 aromatic carbocycles. The van der Waals surface area contributed by atoms with Crippen molar-refractivity contribution in [3.63, 3.8) is 0 Å². The van der Waals surface area contributed by atoms with E-state index in [0.29, 0.717) is 5.02 Å². The summed E-state index contributed by atoms with van der Waals surface area (Å²) in [5.41, 5.74) is 8.44. The van der Waals surface area contributed by atoms with Crippen LogP contribution in [0.15, 0.2) is 59.3 Å². The Balaban J connectivity index is 2.17. The van der Waals surface area contributed by atoms with Gasteiger partial charge in [0, 0.05) is 27.3 Å². The van der Waals surface area contributed by atoms with Crippen LogP contribution in [0.2, 0.25) is 5.02 Å². The van der Waals surface area contributed by atoms with Gasteiger partial charge in [0.2, 0.25) is 0 Å². The summed E-state index contributed by atoms with van der Waals surface area (Å²) in [7, 11) is 0. The number of pyridine rings is 1. The summed E-state index contributed by atoms with van der Waals surface area (Å²) in [5, 5.41) is 2.87. The van der Waals surface area contributed by atoms with Gasteiger partial charge >= 0.3 is 0 Å². The van der Waals surface area contributed by atoms with Crippen LogP contribution in [0.4, 0.5) is 0 Å². The zero-order valence-corrected chi connectivity index (χ0v) is 12.9. The molecule has 0 radical (unpaired) electrons. The average Bonchev–Trinajstić information content (AvgIpc) is 2.48. The fourth-order valence-electron chi connectivity index (χ4n) is 2.33. The number of hydrogen-bond donors (Lipinski definition) is 1. The first kappa shape index (κ1) is 13.6. The minimum atomic E-state index is -0.254. The van der Waals surface area contributed by atoms with Gasteiger partial charge in [-0.25, -0.2) is 0 Å². The van der Waals surface area contributed by atoms with Crippen LogP contribution < -0.4 is 5.73 Å². The zero-order valence-electron chi connectivity index (χ0n) is 10.6. The average molecular weight is 348 g/mol. The minimum absolute atomic E-state index is 0.254. The quantitative estimate of drug-likeness (QED) is 0.730. The van der Waals surface area contributed by atoms with Crippen LogP contribution in [-0.4, -0.2) is 4.98 Å². The maximum atomic E-state index is 6.44. The van der Waals surface area contributed by atoms with Crippen LogP contribution in [0.25, 0.3) is 10.8 Å². The van der Waals surface area contributed by atoms with Crippen molar-refractivity contribution < 1.29 is 0 Å². The Labute approximate surface area is 130 Å². The number of rotatable bonds is 2. The molecule has 1 aromatic heterocycles. The van der Waals surface area contributed by atoms with Gasteiger partial charge in [-0.05, 0) is 40.8 Å². The third-order valence-corrected chi connectivity index (χ3v) is 4.30. The fraction of sp³-hybridized carbons (Fsp3) is 0.0625. The summed E-state index contributed by atoms with van der Waals surface area (Å²) >= 11 is 9.62. The molecule has 0 aliphatic carbocycles. The van der Waals surface area contributed by atoms with Gasteiger partial charge in [-0.2, -0.15) is 0 Å². The highest BCUT2D eigenvalue weighted by Gasteiger charge is 2.15. The van der Waals surface area contributed by atoms with Crippen molar-refractivity contribution >= 4 is 38.3 Å². The summed E-state index contributed by atoms with van der Waals surface area (Å²) in [6.07, 6.45) is 3.63. The molecule has 20 heavy (non-hydrogen) atoms. The molecular formula is C16H12BrClN2. The molecule has 1 unspecified atom stereocenters. The Hall–Kier alpha value is -1.42. The van der Waals surface area contributed by atoms with E-state index in [2.05, 4.69) is 27.0 Å². The molecule has 0 aliphatic rings. The third-order valence-electron chi connectivity index (χ3n) is 3.35. The van der Waals surface area contributed by atoms with Crippen molar-refractivity contribution in [1.82, 2.24) is 4.98 Å². The van der Waals surface area contributed by atoms with E-state index in [0.717, 1.165) is 26.4 Å². The standard InChI is InChI=1S/C16H12BrClN2/c17-15-5-4-11(18)8-13(15)16(19)12-3-1-2-10-6-7-20-9-14(10)12/h1-9,16H,19H2. The fourth-order valence-corrected chi connectivity index (χ4v) is 3.00. The van der Waals surface area contributed by atoms with Gasteiger partial charge in [0.1, 0.15) is 0 Å². The van der Waals surface area contributed by atoms with Crippen molar-refractivity contribution in [2.45, 2.75) is 6.04 Å². The van der Waals surface area contributed by atoms with Gasteiger partial charge in [-0.3, -0.25) is 4.98 Å². The smallest absolute Gasteiger partial charge is 0.0570 e. The van der Waals surface area contributed by atoms with Crippen LogP contribution in [0.3, 0.4) is 0 Å². The van der Waals surface area contributed by atoms with E-state index in [1.807, 2.05) is 42.6 Å². The third kappa shape index (κ3) is 2.44. The first-order chi connectivity index (χ1) is 9.66. The van der Waals surface area contributed by atoms with Gasteiger partial charge < -0.3 is 5.73 Å². The second kappa shape index (κ2) is 5.52. The van der Waals surface area contributed by atoms with E-state index in [4.69, 9.17) is 17.3 Å². The highest BCUT2D eigenvalue weighted by molar-refractivity contribution is 9.10. The molecule has 4 heteroatoms. The second-order valence-corrected chi connectivity index (χ2v) is 5.88. The number of benzene rings is 2. The van der Waals surface area contributed by atoms with E-state index in [-0.39, 0.29) is 6.04 Å². The molecule has 2 nitrogen and oxygen atoms in total. The molecule has 3 rings (SSSR count). The predicted octanol–water partition coefficient (Wildman–Crippen LogP) is 4.70. The lowest BCUT2D eigenvalue weighted by Gasteiger charge is -2.17. The highest BCUT2D eigenvalue weighted by Crippen LogP contribution is 2.32. The van der Waals surface area contributed by atoms with Crippen LogP contribution in [0, 0.1) is 0 Å².